The molecule has 0 spiro atoms. The van der Waals surface area contributed by atoms with Crippen LogP contribution in [0.25, 0.3) is 0 Å². The van der Waals surface area contributed by atoms with Crippen molar-refractivity contribution in [2.24, 2.45) is 0 Å². The smallest absolute Gasteiger partial charge is 0.243 e. The minimum absolute atomic E-state index is 0.0136. The molecule has 0 aliphatic carbocycles. The van der Waals surface area contributed by atoms with Gasteiger partial charge in [0.05, 0.1) is 0 Å². The highest BCUT2D eigenvalue weighted by atomic mass is 32.2. The molecule has 35 heavy (non-hydrogen) atoms. The number of rotatable bonds is 13. The Balaban J connectivity index is 1.78. The van der Waals surface area contributed by atoms with Gasteiger partial charge in [-0.2, -0.15) is 11.8 Å². The third kappa shape index (κ3) is 8.91. The first-order valence-electron chi connectivity index (χ1n) is 12.3. The van der Waals surface area contributed by atoms with Crippen LogP contribution in [0.5, 0.6) is 0 Å². The van der Waals surface area contributed by atoms with Crippen LogP contribution in [0.15, 0.2) is 84.9 Å². The Hall–Kier alpha value is -3.05. The van der Waals surface area contributed by atoms with Gasteiger partial charge < -0.3 is 10.2 Å². The SMILES string of the molecule is CCCNC(=O)C(Cc1ccccc1)N(Cc1cccc(C)c1)C(=O)CCSCc1ccccc1. The second-order valence-electron chi connectivity index (χ2n) is 8.80. The van der Waals surface area contributed by atoms with Gasteiger partial charge in [-0.25, -0.2) is 0 Å². The van der Waals surface area contributed by atoms with Gasteiger partial charge in [0.2, 0.25) is 11.8 Å². The fourth-order valence-corrected chi connectivity index (χ4v) is 4.89. The molecule has 3 aromatic rings. The van der Waals surface area contributed by atoms with Crippen molar-refractivity contribution in [2.45, 2.75) is 51.4 Å². The standard InChI is InChI=1S/C30H36N2O2S/c1-3-18-31-30(34)28(21-25-12-6-4-7-13-25)32(22-27-16-10-11-24(2)20-27)29(33)17-19-35-23-26-14-8-5-9-15-26/h4-16,20,28H,3,17-19,21-23H2,1-2H3,(H,31,34). The van der Waals surface area contributed by atoms with Crippen molar-refractivity contribution >= 4 is 23.6 Å². The summed E-state index contributed by atoms with van der Waals surface area (Å²) >= 11 is 1.75. The Morgan fingerprint density at radius 3 is 2.20 bits per heavy atom. The lowest BCUT2D eigenvalue weighted by Crippen LogP contribution is -2.50. The fraction of sp³-hybridized carbons (Fsp3) is 0.333. The van der Waals surface area contributed by atoms with E-state index in [1.54, 1.807) is 16.7 Å². The average Bonchev–Trinajstić information content (AvgIpc) is 2.88. The summed E-state index contributed by atoms with van der Waals surface area (Å²) < 4.78 is 0. The number of nitrogens with one attached hydrogen (secondary N) is 1. The topological polar surface area (TPSA) is 49.4 Å². The van der Waals surface area contributed by atoms with Crippen molar-refractivity contribution in [1.29, 1.82) is 0 Å². The minimum Gasteiger partial charge on any atom is -0.354 e. The minimum atomic E-state index is -0.559. The van der Waals surface area contributed by atoms with Crippen LogP contribution in [0, 0.1) is 6.92 Å². The molecule has 0 saturated heterocycles. The largest absolute Gasteiger partial charge is 0.354 e. The number of benzene rings is 3. The molecule has 184 valence electrons. The Bertz CT molecular complexity index is 1060. The van der Waals surface area contributed by atoms with Gasteiger partial charge >= 0.3 is 0 Å². The Kier molecular flexibility index (Phi) is 10.9. The zero-order valence-electron chi connectivity index (χ0n) is 20.8. The second-order valence-corrected chi connectivity index (χ2v) is 9.90. The summed E-state index contributed by atoms with van der Waals surface area (Å²) in [5.74, 6) is 1.51. The van der Waals surface area contributed by atoms with E-state index in [0.29, 0.717) is 31.7 Å². The Labute approximate surface area is 214 Å². The van der Waals surface area contributed by atoms with Gasteiger partial charge in [-0.1, -0.05) is 97.4 Å². The molecule has 3 rings (SSSR count). The number of nitrogens with zero attached hydrogens (tertiary/aromatic N) is 1. The zero-order valence-corrected chi connectivity index (χ0v) is 21.6. The van der Waals surface area contributed by atoms with Crippen LogP contribution in [-0.2, 0) is 28.3 Å². The average molecular weight is 489 g/mol. The van der Waals surface area contributed by atoms with Crippen LogP contribution in [0.3, 0.4) is 0 Å². The molecule has 0 aliphatic heterocycles. The Morgan fingerprint density at radius 2 is 1.54 bits per heavy atom. The van der Waals surface area contributed by atoms with Crippen LogP contribution >= 0.6 is 11.8 Å². The molecule has 0 bridgehead atoms. The van der Waals surface area contributed by atoms with Crippen LogP contribution in [0.4, 0.5) is 0 Å². The molecule has 0 aliphatic rings. The molecule has 0 saturated carbocycles. The van der Waals surface area contributed by atoms with Crippen LogP contribution in [0.1, 0.15) is 42.0 Å². The van der Waals surface area contributed by atoms with Gasteiger partial charge in [0.25, 0.3) is 0 Å². The lowest BCUT2D eigenvalue weighted by molar-refractivity contribution is -0.141. The molecule has 0 heterocycles. The van der Waals surface area contributed by atoms with Crippen LogP contribution < -0.4 is 5.32 Å². The summed E-state index contributed by atoms with van der Waals surface area (Å²) in [6.45, 7) is 5.10. The summed E-state index contributed by atoms with van der Waals surface area (Å²) in [5.41, 5.74) is 4.48. The summed E-state index contributed by atoms with van der Waals surface area (Å²) in [4.78, 5) is 28.7. The van der Waals surface area contributed by atoms with E-state index in [4.69, 9.17) is 0 Å². The molecule has 1 unspecified atom stereocenters. The van der Waals surface area contributed by atoms with E-state index in [0.717, 1.165) is 28.9 Å². The number of amides is 2. The quantitative estimate of drug-likeness (QED) is 0.310. The number of hydrogen-bond acceptors (Lipinski definition) is 3. The molecule has 0 radical (unpaired) electrons. The molecule has 0 fully saturated rings. The third-order valence-corrected chi connectivity index (χ3v) is 6.86. The molecular weight excluding hydrogens is 452 g/mol. The second kappa shape index (κ2) is 14.4. The first-order valence-corrected chi connectivity index (χ1v) is 13.5. The predicted molar refractivity (Wildman–Crippen MR) is 146 cm³/mol. The van der Waals surface area contributed by atoms with E-state index in [1.165, 1.54) is 5.56 Å². The molecule has 0 aromatic heterocycles. The fourth-order valence-electron chi connectivity index (χ4n) is 3.99. The van der Waals surface area contributed by atoms with Crippen molar-refractivity contribution in [3.8, 4) is 0 Å². The van der Waals surface area contributed by atoms with E-state index in [1.807, 2.05) is 80.6 Å². The van der Waals surface area contributed by atoms with Gasteiger partial charge in [0.15, 0.2) is 0 Å². The maximum absolute atomic E-state index is 13.6. The highest BCUT2D eigenvalue weighted by molar-refractivity contribution is 7.98. The van der Waals surface area contributed by atoms with Gasteiger partial charge in [-0.05, 0) is 30.0 Å². The van der Waals surface area contributed by atoms with Crippen molar-refractivity contribution < 1.29 is 9.59 Å². The van der Waals surface area contributed by atoms with Gasteiger partial charge in [-0.15, -0.1) is 0 Å². The van der Waals surface area contributed by atoms with E-state index in [2.05, 4.69) is 23.5 Å². The van der Waals surface area contributed by atoms with Crippen molar-refractivity contribution in [3.05, 3.63) is 107 Å². The Morgan fingerprint density at radius 1 is 0.886 bits per heavy atom. The summed E-state index contributed by atoms with van der Waals surface area (Å²) in [6, 6.07) is 27.9. The maximum atomic E-state index is 13.6. The normalized spacial score (nSPS) is 11.6. The van der Waals surface area contributed by atoms with Crippen molar-refractivity contribution in [2.75, 3.05) is 12.3 Å². The number of carbonyl (C=O) groups is 2. The van der Waals surface area contributed by atoms with E-state index in [9.17, 15) is 9.59 Å². The number of aryl methyl sites for hydroxylation is 1. The molecule has 1 N–H and O–H groups in total. The van der Waals surface area contributed by atoms with Gasteiger partial charge in [-0.3, -0.25) is 9.59 Å². The summed E-state index contributed by atoms with van der Waals surface area (Å²) in [5, 5.41) is 3.04. The first kappa shape index (κ1) is 26.6. The molecule has 2 amide bonds. The highest BCUT2D eigenvalue weighted by Crippen LogP contribution is 2.19. The van der Waals surface area contributed by atoms with E-state index in [-0.39, 0.29) is 11.8 Å². The van der Waals surface area contributed by atoms with Gasteiger partial charge in [0, 0.05) is 37.4 Å². The molecule has 3 aromatic carbocycles. The lowest BCUT2D eigenvalue weighted by atomic mass is 10.0. The molecular formula is C30H36N2O2S. The summed E-state index contributed by atoms with van der Waals surface area (Å²) in [6.07, 6.45) is 1.74. The monoisotopic (exact) mass is 488 g/mol. The van der Waals surface area contributed by atoms with Crippen molar-refractivity contribution in [3.63, 3.8) is 0 Å². The molecule has 5 heteroatoms. The first-order chi connectivity index (χ1) is 17.1. The molecule has 1 atom stereocenters. The third-order valence-electron chi connectivity index (χ3n) is 5.83. The van der Waals surface area contributed by atoms with E-state index >= 15 is 0 Å². The maximum Gasteiger partial charge on any atom is 0.243 e. The van der Waals surface area contributed by atoms with Crippen molar-refractivity contribution in [1.82, 2.24) is 10.2 Å². The lowest BCUT2D eigenvalue weighted by Gasteiger charge is -2.31. The number of carbonyl (C=O) groups excluding carboxylic acids is 2. The molecule has 4 nitrogen and oxygen atoms in total. The van der Waals surface area contributed by atoms with Crippen LogP contribution in [0.2, 0.25) is 0 Å². The zero-order chi connectivity index (χ0) is 24.9. The number of thioether (sulfide) groups is 1. The van der Waals surface area contributed by atoms with Crippen LogP contribution in [-0.4, -0.2) is 35.1 Å². The summed E-state index contributed by atoms with van der Waals surface area (Å²) in [7, 11) is 0. The highest BCUT2D eigenvalue weighted by Gasteiger charge is 2.30. The predicted octanol–water partition coefficient (Wildman–Crippen LogP) is 5.78. The number of hydrogen-bond donors (Lipinski definition) is 1. The van der Waals surface area contributed by atoms with E-state index < -0.39 is 6.04 Å². The van der Waals surface area contributed by atoms with Gasteiger partial charge in [0.1, 0.15) is 6.04 Å².